The van der Waals surface area contributed by atoms with E-state index >= 15 is 0 Å². The van der Waals surface area contributed by atoms with Crippen molar-refractivity contribution in [3.63, 3.8) is 0 Å². The van der Waals surface area contributed by atoms with Crippen molar-refractivity contribution in [3.8, 4) is 0 Å². The summed E-state index contributed by atoms with van der Waals surface area (Å²) in [4.78, 5) is 0. The quantitative estimate of drug-likeness (QED) is 0.325. The normalized spacial score (nSPS) is 12.1. The van der Waals surface area contributed by atoms with Crippen LogP contribution in [0.4, 0.5) is 0 Å². The van der Waals surface area contributed by atoms with Crippen LogP contribution in [0, 0.1) is 0 Å². The van der Waals surface area contributed by atoms with Gasteiger partial charge in [-0.2, -0.15) is 0 Å². The first-order chi connectivity index (χ1) is 13.8. The second-order valence-electron chi connectivity index (χ2n) is 7.38. The molecule has 1 N–H and O–H groups in total. The van der Waals surface area contributed by atoms with Gasteiger partial charge in [0.25, 0.3) is 0 Å². The zero-order chi connectivity index (χ0) is 19.7. The molecule has 0 aromatic heterocycles. The van der Waals surface area contributed by atoms with Crippen LogP contribution in [0.5, 0.6) is 0 Å². The van der Waals surface area contributed by atoms with E-state index in [1.165, 1.54) is 52.2 Å². The Kier molecular flexibility index (Phi) is 8.27. The number of halogens is 1. The molecule has 0 saturated carbocycles. The zero-order valence-electron chi connectivity index (χ0n) is 16.7. The van der Waals surface area contributed by atoms with E-state index in [9.17, 15) is 0 Å². The first-order valence-corrected chi connectivity index (χ1v) is 13.3. The molecular weight excluding hydrogens is 425 g/mol. The molecule has 3 rings (SSSR count). The monoisotopic (exact) mass is 455 g/mol. The third-order valence-corrected chi connectivity index (χ3v) is 11.7. The molecule has 0 aliphatic heterocycles. The average molecular weight is 456 g/mol. The molecule has 0 bridgehead atoms. The van der Waals surface area contributed by atoms with Gasteiger partial charge in [0, 0.05) is 0 Å². The summed E-state index contributed by atoms with van der Waals surface area (Å²) in [6, 6.07) is 31.3. The summed E-state index contributed by atoms with van der Waals surface area (Å²) in [6.07, 6.45) is 6.35. The fraction of sp³-hybridized carbons (Fsp3) is 0.280. The molecule has 3 aromatic rings. The molecule has 148 valence electrons. The van der Waals surface area contributed by atoms with E-state index in [1.807, 2.05) is 7.05 Å². The van der Waals surface area contributed by atoms with Crippen LogP contribution in [0.2, 0.25) is 0 Å². The summed E-state index contributed by atoms with van der Waals surface area (Å²) in [7, 11) is -0.0620. The van der Waals surface area contributed by atoms with Crippen molar-refractivity contribution in [2.24, 2.45) is 0 Å². The fourth-order valence-corrected chi connectivity index (χ4v) is 10.5. The summed E-state index contributed by atoms with van der Waals surface area (Å²) >= 11 is 3.90. The SMILES string of the molecule is CNCCCCCC[PH](c1ccccc1)(c1ccccc1)c1ccccc1Br. The van der Waals surface area contributed by atoms with Crippen LogP contribution in [0.1, 0.15) is 25.7 Å². The molecule has 0 aliphatic carbocycles. The van der Waals surface area contributed by atoms with E-state index in [1.54, 1.807) is 0 Å². The van der Waals surface area contributed by atoms with Gasteiger partial charge < -0.3 is 0 Å². The molecule has 0 radical (unpaired) electrons. The van der Waals surface area contributed by atoms with Crippen molar-refractivity contribution in [1.29, 1.82) is 0 Å². The molecule has 1 nitrogen and oxygen atoms in total. The van der Waals surface area contributed by atoms with Gasteiger partial charge in [-0.3, -0.25) is 0 Å². The summed E-state index contributed by atoms with van der Waals surface area (Å²) in [5.41, 5.74) is 0. The fourth-order valence-electron chi connectivity index (χ4n) is 4.20. The van der Waals surface area contributed by atoms with Crippen molar-refractivity contribution in [3.05, 3.63) is 89.4 Å². The van der Waals surface area contributed by atoms with Gasteiger partial charge in [0.1, 0.15) is 0 Å². The van der Waals surface area contributed by atoms with Crippen LogP contribution in [-0.2, 0) is 0 Å². The van der Waals surface area contributed by atoms with Crippen LogP contribution in [-0.4, -0.2) is 19.8 Å². The first-order valence-electron chi connectivity index (χ1n) is 10.3. The molecule has 28 heavy (non-hydrogen) atoms. The number of unbranched alkanes of at least 4 members (excludes halogenated alkanes) is 3. The van der Waals surface area contributed by atoms with Crippen molar-refractivity contribution in [2.45, 2.75) is 25.7 Å². The molecule has 0 saturated heterocycles. The number of rotatable bonds is 10. The van der Waals surface area contributed by atoms with Crippen LogP contribution < -0.4 is 21.2 Å². The maximum atomic E-state index is 3.90. The number of nitrogens with one attached hydrogen (secondary N) is 1. The molecular formula is C25H31BrNP. The Morgan fingerprint density at radius 2 is 1.21 bits per heavy atom. The van der Waals surface area contributed by atoms with E-state index in [0.717, 1.165) is 6.54 Å². The predicted molar refractivity (Wildman–Crippen MR) is 132 cm³/mol. The van der Waals surface area contributed by atoms with Gasteiger partial charge in [-0.05, 0) is 0 Å². The summed E-state index contributed by atoms with van der Waals surface area (Å²) in [6.45, 7) is 1.12. The van der Waals surface area contributed by atoms with Crippen LogP contribution >= 0.6 is 23.2 Å². The van der Waals surface area contributed by atoms with Gasteiger partial charge in [-0.15, -0.1) is 0 Å². The molecule has 0 fully saturated rings. The van der Waals surface area contributed by atoms with Crippen molar-refractivity contribution in [2.75, 3.05) is 19.8 Å². The van der Waals surface area contributed by atoms with Crippen LogP contribution in [0.15, 0.2) is 89.4 Å². The third-order valence-electron chi connectivity index (χ3n) is 5.60. The molecule has 0 unspecified atom stereocenters. The Labute approximate surface area is 179 Å². The van der Waals surface area contributed by atoms with E-state index in [-0.39, 0.29) is 0 Å². The third kappa shape index (κ3) is 4.92. The van der Waals surface area contributed by atoms with E-state index in [4.69, 9.17) is 0 Å². The van der Waals surface area contributed by atoms with Gasteiger partial charge >= 0.3 is 179 Å². The van der Waals surface area contributed by atoms with E-state index in [2.05, 4.69) is 106 Å². The minimum atomic E-state index is -2.10. The number of hydrogen-bond donors (Lipinski definition) is 1. The molecule has 0 amide bonds. The van der Waals surface area contributed by atoms with Crippen LogP contribution in [0.25, 0.3) is 0 Å². The summed E-state index contributed by atoms with van der Waals surface area (Å²) in [5, 5.41) is 7.76. The van der Waals surface area contributed by atoms with Gasteiger partial charge in [0.2, 0.25) is 0 Å². The molecule has 0 atom stereocenters. The maximum absolute atomic E-state index is 3.90. The van der Waals surface area contributed by atoms with Gasteiger partial charge in [0.15, 0.2) is 0 Å². The summed E-state index contributed by atoms with van der Waals surface area (Å²) in [5.74, 6) is 0. The van der Waals surface area contributed by atoms with Crippen molar-refractivity contribution in [1.82, 2.24) is 5.32 Å². The van der Waals surface area contributed by atoms with Gasteiger partial charge in [-0.25, -0.2) is 0 Å². The molecule has 3 heteroatoms. The average Bonchev–Trinajstić information content (AvgIpc) is 2.75. The second-order valence-corrected chi connectivity index (χ2v) is 12.2. The minimum absolute atomic E-state index is 1.12. The first kappa shape index (κ1) is 21.2. The zero-order valence-corrected chi connectivity index (χ0v) is 19.3. The Balaban J connectivity index is 2.04. The van der Waals surface area contributed by atoms with E-state index < -0.39 is 7.26 Å². The Morgan fingerprint density at radius 3 is 1.79 bits per heavy atom. The Bertz CT molecular complexity index is 796. The van der Waals surface area contributed by atoms with Gasteiger partial charge in [-0.1, -0.05) is 0 Å². The van der Waals surface area contributed by atoms with Crippen molar-refractivity contribution < 1.29 is 0 Å². The van der Waals surface area contributed by atoms with E-state index in [0.29, 0.717) is 0 Å². The van der Waals surface area contributed by atoms with Crippen LogP contribution in [0.3, 0.4) is 0 Å². The second kappa shape index (κ2) is 10.9. The standard InChI is InChI=1S/C25H31BrNP/c1-27-20-12-2-3-13-21-28(22-14-6-4-7-15-22,23-16-8-5-9-17-23)25-19-11-10-18-24(25)26/h4-11,14-19,27-28H,2-3,12-13,20-21H2,1H3. The Hall–Kier alpha value is -1.47. The molecule has 0 aliphatic rings. The molecule has 0 heterocycles. The van der Waals surface area contributed by atoms with Crippen molar-refractivity contribution >= 4 is 39.1 Å². The number of hydrogen-bond acceptors (Lipinski definition) is 1. The van der Waals surface area contributed by atoms with Gasteiger partial charge in [0.05, 0.1) is 0 Å². The molecule has 3 aromatic carbocycles. The topological polar surface area (TPSA) is 12.0 Å². The predicted octanol–water partition coefficient (Wildman–Crippen LogP) is 5.26. The summed E-state index contributed by atoms with van der Waals surface area (Å²) < 4.78 is 1.24. The molecule has 0 spiro atoms. The Morgan fingerprint density at radius 1 is 0.679 bits per heavy atom. The number of benzene rings is 3.